The van der Waals surface area contributed by atoms with Crippen LogP contribution in [-0.4, -0.2) is 29.7 Å². The zero-order valence-corrected chi connectivity index (χ0v) is 13.6. The molecule has 24 heavy (non-hydrogen) atoms. The Morgan fingerprint density at radius 1 is 1.42 bits per heavy atom. The predicted octanol–water partition coefficient (Wildman–Crippen LogP) is 2.64. The maximum atomic E-state index is 11.0. The lowest BCUT2D eigenvalue weighted by Crippen LogP contribution is -2.06. The molecule has 3 rings (SSSR count). The smallest absolute Gasteiger partial charge is 0.307 e. The van der Waals surface area contributed by atoms with Gasteiger partial charge < -0.3 is 15.2 Å². The topological polar surface area (TPSA) is 71.5 Å². The average molecular weight is 324 g/mol. The highest BCUT2D eigenvalue weighted by Gasteiger charge is 2.20. The first kappa shape index (κ1) is 16.2. The lowest BCUT2D eigenvalue weighted by molar-refractivity contribution is -0.136. The van der Waals surface area contributed by atoms with Gasteiger partial charge in [0.2, 0.25) is 0 Å². The Balaban J connectivity index is 2.10. The number of carbonyl (C=O) groups is 1. The Hall–Kier alpha value is -2.66. The molecule has 0 spiro atoms. The van der Waals surface area contributed by atoms with Crippen molar-refractivity contribution in [2.24, 2.45) is 0 Å². The van der Waals surface area contributed by atoms with Gasteiger partial charge in [-0.3, -0.25) is 9.78 Å². The number of benzene rings is 1. The van der Waals surface area contributed by atoms with E-state index in [2.05, 4.69) is 16.4 Å². The Morgan fingerprint density at radius 3 is 3.08 bits per heavy atom. The first-order valence-corrected chi connectivity index (χ1v) is 7.96. The van der Waals surface area contributed by atoms with Crippen molar-refractivity contribution in [1.82, 2.24) is 10.3 Å². The SMILES string of the molecule is CNCC/C=C1\c2cc(CC(=O)O)ccc2OCc2cccnc21. The van der Waals surface area contributed by atoms with Crippen molar-refractivity contribution >= 4 is 11.5 Å². The van der Waals surface area contributed by atoms with E-state index in [9.17, 15) is 4.79 Å². The highest BCUT2D eigenvalue weighted by molar-refractivity contribution is 5.84. The van der Waals surface area contributed by atoms with Crippen LogP contribution in [0.25, 0.3) is 5.57 Å². The van der Waals surface area contributed by atoms with E-state index in [1.54, 1.807) is 6.20 Å². The number of aliphatic carboxylic acids is 1. The first-order valence-electron chi connectivity index (χ1n) is 7.96. The van der Waals surface area contributed by atoms with Gasteiger partial charge in [-0.1, -0.05) is 18.2 Å². The number of pyridine rings is 1. The molecule has 1 aromatic heterocycles. The molecule has 0 saturated carbocycles. The van der Waals surface area contributed by atoms with Crippen LogP contribution in [0.4, 0.5) is 0 Å². The number of nitrogens with zero attached hydrogens (tertiary/aromatic N) is 1. The highest BCUT2D eigenvalue weighted by atomic mass is 16.5. The van der Waals surface area contributed by atoms with Gasteiger partial charge >= 0.3 is 5.97 Å². The van der Waals surface area contributed by atoms with E-state index >= 15 is 0 Å². The summed E-state index contributed by atoms with van der Waals surface area (Å²) < 4.78 is 5.93. The summed E-state index contributed by atoms with van der Waals surface area (Å²) in [5.41, 5.74) is 4.59. The maximum Gasteiger partial charge on any atom is 0.307 e. The number of fused-ring (bicyclic) bond motifs is 2. The van der Waals surface area contributed by atoms with E-state index in [-0.39, 0.29) is 6.42 Å². The van der Waals surface area contributed by atoms with Crippen LogP contribution in [0.5, 0.6) is 5.75 Å². The Morgan fingerprint density at radius 2 is 2.29 bits per heavy atom. The van der Waals surface area contributed by atoms with Gasteiger partial charge in [-0.25, -0.2) is 0 Å². The third-order valence-electron chi connectivity index (χ3n) is 3.96. The number of hydrogen-bond acceptors (Lipinski definition) is 4. The molecule has 0 saturated heterocycles. The molecule has 5 nitrogen and oxygen atoms in total. The number of hydrogen-bond donors (Lipinski definition) is 2. The van der Waals surface area contributed by atoms with Gasteiger partial charge in [0.25, 0.3) is 0 Å². The van der Waals surface area contributed by atoms with Crippen molar-refractivity contribution in [2.75, 3.05) is 13.6 Å². The number of carboxylic acids is 1. The van der Waals surface area contributed by atoms with E-state index in [1.807, 2.05) is 37.4 Å². The van der Waals surface area contributed by atoms with Gasteiger partial charge in [-0.05, 0) is 43.8 Å². The molecule has 0 bridgehead atoms. The zero-order chi connectivity index (χ0) is 16.9. The highest BCUT2D eigenvalue weighted by Crippen LogP contribution is 2.36. The van der Waals surface area contributed by atoms with Crippen LogP contribution in [0.1, 0.15) is 28.8 Å². The third kappa shape index (κ3) is 3.46. The monoisotopic (exact) mass is 324 g/mol. The summed E-state index contributed by atoms with van der Waals surface area (Å²) in [6.07, 6.45) is 4.76. The number of ether oxygens (including phenoxy) is 1. The Bertz CT molecular complexity index is 784. The molecule has 1 aliphatic heterocycles. The second-order valence-electron chi connectivity index (χ2n) is 5.71. The van der Waals surface area contributed by atoms with Crippen LogP contribution in [0.15, 0.2) is 42.6 Å². The first-order chi connectivity index (χ1) is 11.7. The molecule has 0 radical (unpaired) electrons. The fraction of sp³-hybridized carbons (Fsp3) is 0.263. The van der Waals surface area contributed by atoms with E-state index in [4.69, 9.17) is 9.84 Å². The Kier molecular flexibility index (Phi) is 4.91. The van der Waals surface area contributed by atoms with Gasteiger partial charge in [0, 0.05) is 22.9 Å². The second kappa shape index (κ2) is 7.27. The summed E-state index contributed by atoms with van der Waals surface area (Å²) in [6.45, 7) is 1.31. The number of rotatable bonds is 5. The molecule has 124 valence electrons. The summed E-state index contributed by atoms with van der Waals surface area (Å²) in [7, 11) is 1.92. The van der Waals surface area contributed by atoms with Crippen LogP contribution in [0.3, 0.4) is 0 Å². The molecule has 2 N–H and O–H groups in total. The van der Waals surface area contributed by atoms with Crippen molar-refractivity contribution in [1.29, 1.82) is 0 Å². The molecule has 0 amide bonds. The predicted molar refractivity (Wildman–Crippen MR) is 92.0 cm³/mol. The third-order valence-corrected chi connectivity index (χ3v) is 3.96. The zero-order valence-electron chi connectivity index (χ0n) is 13.6. The molecular formula is C19H20N2O3. The fourth-order valence-electron chi connectivity index (χ4n) is 2.85. The molecule has 5 heteroatoms. The van der Waals surface area contributed by atoms with E-state index < -0.39 is 5.97 Å². The molecule has 2 aromatic rings. The van der Waals surface area contributed by atoms with Crippen molar-refractivity contribution < 1.29 is 14.6 Å². The minimum atomic E-state index is -0.844. The fourth-order valence-corrected chi connectivity index (χ4v) is 2.85. The summed E-state index contributed by atoms with van der Waals surface area (Å²) in [5, 5.41) is 12.2. The lowest BCUT2D eigenvalue weighted by atomic mass is 9.95. The normalized spacial score (nSPS) is 14.5. The van der Waals surface area contributed by atoms with Crippen LogP contribution in [0, 0.1) is 0 Å². The van der Waals surface area contributed by atoms with Gasteiger partial charge in [0.05, 0.1) is 12.1 Å². The summed E-state index contributed by atoms with van der Waals surface area (Å²) in [4.78, 5) is 15.6. The standard InChI is InChI=1S/C19H20N2O3/c1-20-8-3-5-15-16-10-13(11-18(22)23)6-7-17(16)24-12-14-4-2-9-21-19(14)15/h2,4-7,9-10,20H,3,8,11-12H2,1H3,(H,22,23)/b15-5+. The van der Waals surface area contributed by atoms with Crippen molar-refractivity contribution in [3.63, 3.8) is 0 Å². The van der Waals surface area contributed by atoms with Crippen LogP contribution < -0.4 is 10.1 Å². The molecular weight excluding hydrogens is 304 g/mol. The van der Waals surface area contributed by atoms with Crippen molar-refractivity contribution in [2.45, 2.75) is 19.4 Å². The van der Waals surface area contributed by atoms with Crippen molar-refractivity contribution in [3.8, 4) is 5.75 Å². The van der Waals surface area contributed by atoms with Gasteiger partial charge in [-0.2, -0.15) is 0 Å². The minimum Gasteiger partial charge on any atom is -0.488 e. The van der Waals surface area contributed by atoms with E-state index in [1.165, 1.54) is 0 Å². The van der Waals surface area contributed by atoms with Crippen LogP contribution >= 0.6 is 0 Å². The number of aromatic nitrogens is 1. The molecule has 1 aromatic carbocycles. The van der Waals surface area contributed by atoms with Crippen LogP contribution in [0.2, 0.25) is 0 Å². The summed E-state index contributed by atoms with van der Waals surface area (Å²) in [6, 6.07) is 9.48. The van der Waals surface area contributed by atoms with Gasteiger partial charge in [-0.15, -0.1) is 0 Å². The average Bonchev–Trinajstić information content (AvgIpc) is 2.72. The molecule has 0 aliphatic carbocycles. The molecule has 0 fully saturated rings. The summed E-state index contributed by atoms with van der Waals surface area (Å²) >= 11 is 0. The number of nitrogens with one attached hydrogen (secondary N) is 1. The maximum absolute atomic E-state index is 11.0. The largest absolute Gasteiger partial charge is 0.488 e. The van der Waals surface area contributed by atoms with Crippen molar-refractivity contribution in [3.05, 3.63) is 65.0 Å². The van der Waals surface area contributed by atoms with Gasteiger partial charge in [0.1, 0.15) is 12.4 Å². The van der Waals surface area contributed by atoms with E-state index in [0.717, 1.165) is 46.7 Å². The molecule has 1 aliphatic rings. The minimum absolute atomic E-state index is 0.00779. The second-order valence-corrected chi connectivity index (χ2v) is 5.71. The molecule has 2 heterocycles. The van der Waals surface area contributed by atoms with Crippen LogP contribution in [-0.2, 0) is 17.8 Å². The van der Waals surface area contributed by atoms with E-state index in [0.29, 0.717) is 6.61 Å². The summed E-state index contributed by atoms with van der Waals surface area (Å²) in [5.74, 6) is -0.0819. The number of carboxylic acid groups (broad SMARTS) is 1. The lowest BCUT2D eigenvalue weighted by Gasteiger charge is -2.11. The molecule has 0 unspecified atom stereocenters. The molecule has 0 atom stereocenters. The quantitative estimate of drug-likeness (QED) is 0.827. The van der Waals surface area contributed by atoms with Gasteiger partial charge in [0.15, 0.2) is 0 Å². The Labute approximate surface area is 141 Å².